The first-order valence-corrected chi connectivity index (χ1v) is 16.0. The molecule has 1 amide bonds. The van der Waals surface area contributed by atoms with Gasteiger partial charge in [0.1, 0.15) is 11.5 Å². The summed E-state index contributed by atoms with van der Waals surface area (Å²) in [5.74, 6) is 0.275. The molecule has 6 rings (SSSR count). The number of hydrogen-bond donors (Lipinski definition) is 2. The van der Waals surface area contributed by atoms with Crippen LogP contribution < -0.4 is 20.1 Å². The first-order chi connectivity index (χ1) is 22.6. The number of hydrogen-bond acceptors (Lipinski definition) is 11. The third-order valence-corrected chi connectivity index (χ3v) is 8.54. The highest BCUT2D eigenvalue weighted by Gasteiger charge is 2.31. The molecule has 0 unspecified atom stereocenters. The van der Waals surface area contributed by atoms with E-state index in [1.807, 2.05) is 0 Å². The Hall–Kier alpha value is -3.74. The SMILES string of the molecule is COc1cc2c(cc1C(=O)NCCN1CCOCC1)nc(Nc1nc3ccc(OC(F)(F)F)cc3s1)n2C.[NH-]CCN1CCOCC1. The molecule has 3 N–H and O–H groups in total. The predicted molar refractivity (Wildman–Crippen MR) is 173 cm³/mol. The molecule has 0 atom stereocenters. The Morgan fingerprint density at radius 2 is 1.68 bits per heavy atom. The van der Waals surface area contributed by atoms with E-state index < -0.39 is 6.36 Å². The minimum absolute atomic E-state index is 0.264. The molecule has 0 aliphatic carbocycles. The topological polar surface area (TPSA) is 139 Å². The van der Waals surface area contributed by atoms with E-state index in [0.29, 0.717) is 64.4 Å². The number of carbonyl (C=O) groups is 1. The van der Waals surface area contributed by atoms with Crippen molar-refractivity contribution in [2.45, 2.75) is 6.36 Å². The summed E-state index contributed by atoms with van der Waals surface area (Å²) in [6.45, 7) is 9.42. The second kappa shape index (κ2) is 15.9. The molecule has 0 radical (unpaired) electrons. The van der Waals surface area contributed by atoms with Crippen molar-refractivity contribution >= 4 is 49.6 Å². The Kier molecular flexibility index (Phi) is 11.7. The van der Waals surface area contributed by atoms with Gasteiger partial charge in [-0.05, 0) is 24.7 Å². The highest BCUT2D eigenvalue weighted by atomic mass is 32.1. The lowest BCUT2D eigenvalue weighted by Crippen LogP contribution is -2.41. The maximum Gasteiger partial charge on any atom is 0.573 e. The van der Waals surface area contributed by atoms with E-state index in [4.69, 9.17) is 19.9 Å². The van der Waals surface area contributed by atoms with Crippen LogP contribution in [0.5, 0.6) is 11.5 Å². The molecule has 13 nitrogen and oxygen atoms in total. The Bertz CT molecular complexity index is 1630. The summed E-state index contributed by atoms with van der Waals surface area (Å²) in [6, 6.07) is 7.37. The van der Waals surface area contributed by atoms with E-state index in [-0.39, 0.29) is 11.7 Å². The Balaban J connectivity index is 0.000000417. The number of methoxy groups -OCH3 is 1. The number of benzene rings is 2. The average molecular weight is 680 g/mol. The van der Waals surface area contributed by atoms with E-state index in [1.54, 1.807) is 23.7 Å². The van der Waals surface area contributed by atoms with Gasteiger partial charge in [0.05, 0.1) is 60.4 Å². The lowest BCUT2D eigenvalue weighted by Gasteiger charge is -2.27. The van der Waals surface area contributed by atoms with Crippen LogP contribution in [0.1, 0.15) is 10.4 Å². The van der Waals surface area contributed by atoms with Gasteiger partial charge in [0.2, 0.25) is 5.95 Å². The van der Waals surface area contributed by atoms with Crippen molar-refractivity contribution in [3.63, 3.8) is 0 Å². The van der Waals surface area contributed by atoms with Gasteiger partial charge in [0.15, 0.2) is 5.13 Å². The standard InChI is InChI=1S/C24H25F3N6O4S.C6H13N2O/c1-32-18-13-19(35-2)15(21(34)28-5-6-33-7-9-36-10-8-33)12-17(18)29-22(32)31-23-30-16-4-3-14(11-20(16)38-23)37-24(25,26)27;7-1-2-8-3-5-9-6-4-8/h3-4,11-13H,5-10H2,1-2H3,(H,28,34)(H,29,30,31);7H,1-6H2/q;-1. The Morgan fingerprint density at radius 3 is 2.32 bits per heavy atom. The number of rotatable bonds is 10. The van der Waals surface area contributed by atoms with Crippen LogP contribution >= 0.6 is 11.3 Å². The molecule has 47 heavy (non-hydrogen) atoms. The van der Waals surface area contributed by atoms with Crippen LogP contribution in [0.25, 0.3) is 27.0 Å². The number of fused-ring (bicyclic) bond motifs is 2. The second-order valence-corrected chi connectivity index (χ2v) is 11.8. The van der Waals surface area contributed by atoms with Crippen molar-refractivity contribution in [2.75, 3.05) is 91.2 Å². The maximum atomic E-state index is 12.9. The number of ether oxygens (including phenoxy) is 4. The van der Waals surface area contributed by atoms with Crippen LogP contribution in [-0.4, -0.2) is 122 Å². The number of amides is 1. The number of nitrogens with one attached hydrogen (secondary N) is 3. The number of imidazole rings is 1. The number of morpholine rings is 2. The van der Waals surface area contributed by atoms with E-state index in [2.05, 4.69) is 35.1 Å². The zero-order valence-electron chi connectivity index (χ0n) is 26.2. The summed E-state index contributed by atoms with van der Waals surface area (Å²) in [4.78, 5) is 26.5. The number of aryl methyl sites for hydroxylation is 1. The van der Waals surface area contributed by atoms with Gasteiger partial charge in [-0.3, -0.25) is 9.69 Å². The van der Waals surface area contributed by atoms with Gasteiger partial charge in [0.25, 0.3) is 5.91 Å². The Morgan fingerprint density at radius 1 is 1.00 bits per heavy atom. The van der Waals surface area contributed by atoms with Gasteiger partial charge >= 0.3 is 6.36 Å². The predicted octanol–water partition coefficient (Wildman–Crippen LogP) is 4.27. The molecule has 0 saturated carbocycles. The Labute approximate surface area is 273 Å². The fraction of sp³-hybridized carbons (Fsp3) is 0.500. The summed E-state index contributed by atoms with van der Waals surface area (Å²) >= 11 is 1.16. The van der Waals surface area contributed by atoms with Crippen LogP contribution in [0, 0.1) is 0 Å². The molecule has 256 valence electrons. The van der Waals surface area contributed by atoms with Crippen LogP contribution in [-0.2, 0) is 16.5 Å². The molecule has 4 heterocycles. The second-order valence-electron chi connectivity index (χ2n) is 10.8. The molecule has 4 aromatic rings. The summed E-state index contributed by atoms with van der Waals surface area (Å²) in [5, 5.41) is 6.49. The zero-order valence-corrected chi connectivity index (χ0v) is 27.0. The molecular formula is C30H38F3N8O5S-. The third kappa shape index (κ3) is 9.42. The molecule has 2 aliphatic rings. The molecule has 0 bridgehead atoms. The monoisotopic (exact) mass is 679 g/mol. The summed E-state index contributed by atoms with van der Waals surface area (Å²) in [7, 11) is 3.29. The summed E-state index contributed by atoms with van der Waals surface area (Å²) < 4.78 is 59.9. The van der Waals surface area contributed by atoms with Gasteiger partial charge in [-0.2, -0.15) is 0 Å². The van der Waals surface area contributed by atoms with Crippen molar-refractivity contribution < 1.29 is 36.9 Å². The van der Waals surface area contributed by atoms with E-state index in [9.17, 15) is 18.0 Å². The number of halogens is 3. The molecule has 2 aromatic carbocycles. The van der Waals surface area contributed by atoms with Crippen molar-refractivity contribution in [3.05, 3.63) is 41.6 Å². The van der Waals surface area contributed by atoms with Gasteiger partial charge < -0.3 is 44.8 Å². The van der Waals surface area contributed by atoms with E-state index >= 15 is 0 Å². The first-order valence-electron chi connectivity index (χ1n) is 15.1. The largest absolute Gasteiger partial charge is 0.676 e. The lowest BCUT2D eigenvalue weighted by molar-refractivity contribution is -0.274. The minimum atomic E-state index is -4.77. The van der Waals surface area contributed by atoms with Gasteiger partial charge in [0, 0.05) is 58.4 Å². The number of alkyl halides is 3. The molecule has 2 aliphatic heterocycles. The average Bonchev–Trinajstić information content (AvgIpc) is 3.59. The van der Waals surface area contributed by atoms with Crippen molar-refractivity contribution in [2.24, 2.45) is 7.05 Å². The highest BCUT2D eigenvalue weighted by molar-refractivity contribution is 7.22. The van der Waals surface area contributed by atoms with Crippen molar-refractivity contribution in [1.29, 1.82) is 0 Å². The quantitative estimate of drug-likeness (QED) is 0.250. The molecular weight excluding hydrogens is 641 g/mol. The molecule has 2 saturated heterocycles. The normalized spacial score (nSPS) is 16.1. The smallest absolute Gasteiger partial charge is 0.573 e. The van der Waals surface area contributed by atoms with Crippen molar-refractivity contribution in [1.82, 2.24) is 29.7 Å². The summed E-state index contributed by atoms with van der Waals surface area (Å²) in [6.07, 6.45) is -4.77. The number of aromatic nitrogens is 3. The fourth-order valence-corrected chi connectivity index (χ4v) is 6.05. The number of carbonyl (C=O) groups excluding carboxylic acids is 1. The molecule has 0 spiro atoms. The lowest BCUT2D eigenvalue weighted by atomic mass is 10.1. The van der Waals surface area contributed by atoms with Crippen molar-refractivity contribution in [3.8, 4) is 11.5 Å². The summed E-state index contributed by atoms with van der Waals surface area (Å²) in [5.41, 5.74) is 9.12. The maximum absolute atomic E-state index is 12.9. The molecule has 2 fully saturated rings. The zero-order chi connectivity index (χ0) is 33.4. The number of thiazole rings is 1. The minimum Gasteiger partial charge on any atom is -0.676 e. The first kappa shape index (κ1) is 34.6. The van der Waals surface area contributed by atoms with E-state index in [0.717, 1.165) is 69.3 Å². The number of nitrogens with zero attached hydrogens (tertiary/aromatic N) is 5. The fourth-order valence-electron chi connectivity index (χ4n) is 5.16. The van der Waals surface area contributed by atoms with Crippen LogP contribution in [0.2, 0.25) is 0 Å². The van der Waals surface area contributed by atoms with Crippen LogP contribution in [0.3, 0.4) is 0 Å². The van der Waals surface area contributed by atoms with E-state index in [1.165, 1.54) is 25.3 Å². The van der Waals surface area contributed by atoms with Gasteiger partial charge in [-0.25, -0.2) is 9.97 Å². The van der Waals surface area contributed by atoms with Gasteiger partial charge in [-0.1, -0.05) is 11.3 Å². The molecule has 17 heteroatoms. The van der Waals surface area contributed by atoms with Crippen LogP contribution in [0.15, 0.2) is 30.3 Å². The third-order valence-electron chi connectivity index (χ3n) is 7.61. The van der Waals surface area contributed by atoms with Gasteiger partial charge in [-0.15, -0.1) is 19.7 Å². The molecule has 2 aromatic heterocycles. The number of anilines is 2. The highest BCUT2D eigenvalue weighted by Crippen LogP contribution is 2.34. The van der Waals surface area contributed by atoms with Crippen LogP contribution in [0.4, 0.5) is 24.3 Å².